The quantitative estimate of drug-likeness (QED) is 0.329. The molecule has 0 bridgehead atoms. The lowest BCUT2D eigenvalue weighted by Crippen LogP contribution is -2.39. The smallest absolute Gasteiger partial charge is 0.270 e. The highest BCUT2D eigenvalue weighted by Crippen LogP contribution is 2.23. The summed E-state index contributed by atoms with van der Waals surface area (Å²) in [6.07, 6.45) is 1.24. The van der Waals surface area contributed by atoms with Crippen molar-refractivity contribution in [1.82, 2.24) is 5.43 Å². The van der Waals surface area contributed by atoms with E-state index in [1.165, 1.54) is 36.5 Å². The van der Waals surface area contributed by atoms with E-state index in [1.807, 2.05) is 0 Å². The second kappa shape index (κ2) is 9.63. The Morgan fingerprint density at radius 2 is 1.65 bits per heavy atom. The standard InChI is InChI=1S/C21H18N4O5S/c26-21(23-22-15-17-8-7-11-19(14-17)25(27)28)16-24(18-9-3-1-4-10-18)31(29,30)20-12-5-2-6-13-20/h1-15H,16H2,(H,23,26)/b22-15-. The summed E-state index contributed by atoms with van der Waals surface area (Å²) >= 11 is 0. The van der Waals surface area contributed by atoms with Gasteiger partial charge in [0.25, 0.3) is 21.6 Å². The Balaban J connectivity index is 1.78. The van der Waals surface area contributed by atoms with Gasteiger partial charge in [0.15, 0.2) is 0 Å². The van der Waals surface area contributed by atoms with Crippen LogP contribution < -0.4 is 9.73 Å². The molecule has 0 aromatic heterocycles. The Bertz CT molecular complexity index is 1200. The maximum Gasteiger partial charge on any atom is 0.270 e. The molecule has 1 N–H and O–H groups in total. The molecule has 3 aromatic carbocycles. The van der Waals surface area contributed by atoms with Gasteiger partial charge in [0.05, 0.1) is 21.7 Å². The van der Waals surface area contributed by atoms with Gasteiger partial charge >= 0.3 is 0 Å². The first-order chi connectivity index (χ1) is 14.9. The molecule has 0 saturated carbocycles. The van der Waals surface area contributed by atoms with Crippen molar-refractivity contribution in [3.8, 4) is 0 Å². The topological polar surface area (TPSA) is 122 Å². The molecule has 1 amide bonds. The Labute approximate surface area is 178 Å². The molecular weight excluding hydrogens is 420 g/mol. The lowest BCUT2D eigenvalue weighted by Gasteiger charge is -2.23. The lowest BCUT2D eigenvalue weighted by molar-refractivity contribution is -0.384. The van der Waals surface area contributed by atoms with E-state index in [0.717, 1.165) is 4.31 Å². The molecule has 0 fully saturated rings. The van der Waals surface area contributed by atoms with Gasteiger partial charge in [-0.25, -0.2) is 13.8 Å². The van der Waals surface area contributed by atoms with Crippen LogP contribution in [0.2, 0.25) is 0 Å². The van der Waals surface area contributed by atoms with Crippen LogP contribution in [-0.2, 0) is 14.8 Å². The molecule has 0 aliphatic heterocycles. The number of carbonyl (C=O) groups is 1. The number of carbonyl (C=O) groups excluding carboxylic acids is 1. The van der Waals surface area contributed by atoms with Crippen LogP contribution in [0.1, 0.15) is 5.56 Å². The highest BCUT2D eigenvalue weighted by atomic mass is 32.2. The highest BCUT2D eigenvalue weighted by Gasteiger charge is 2.26. The summed E-state index contributed by atoms with van der Waals surface area (Å²) < 4.78 is 27.2. The van der Waals surface area contributed by atoms with Gasteiger partial charge in [0, 0.05) is 17.7 Å². The Kier molecular flexibility index (Phi) is 6.73. The van der Waals surface area contributed by atoms with Crippen LogP contribution >= 0.6 is 0 Å². The predicted octanol–water partition coefficient (Wildman–Crippen LogP) is 2.94. The average Bonchev–Trinajstić information content (AvgIpc) is 2.79. The van der Waals surface area contributed by atoms with E-state index >= 15 is 0 Å². The number of anilines is 1. The number of para-hydroxylation sites is 1. The molecule has 3 aromatic rings. The molecule has 3 rings (SSSR count). The molecule has 0 saturated heterocycles. The number of non-ortho nitro benzene ring substituents is 1. The van der Waals surface area contributed by atoms with Gasteiger partial charge in [-0.1, -0.05) is 48.5 Å². The number of nitrogens with one attached hydrogen (secondary N) is 1. The van der Waals surface area contributed by atoms with Crippen molar-refractivity contribution < 1.29 is 18.1 Å². The fourth-order valence-corrected chi connectivity index (χ4v) is 4.13. The zero-order chi connectivity index (χ0) is 22.3. The predicted molar refractivity (Wildman–Crippen MR) is 116 cm³/mol. The van der Waals surface area contributed by atoms with E-state index in [4.69, 9.17) is 0 Å². The first kappa shape index (κ1) is 21.7. The maximum absolute atomic E-state index is 13.1. The minimum Gasteiger partial charge on any atom is -0.271 e. The van der Waals surface area contributed by atoms with E-state index in [2.05, 4.69) is 10.5 Å². The number of amides is 1. The normalized spacial score (nSPS) is 11.2. The number of hydrogen-bond donors (Lipinski definition) is 1. The SMILES string of the molecule is O=C(CN(c1ccccc1)S(=O)(=O)c1ccccc1)N/N=C\c1cccc([N+](=O)[O-])c1. The first-order valence-corrected chi connectivity index (χ1v) is 10.5. The second-order valence-electron chi connectivity index (χ2n) is 6.31. The molecule has 158 valence electrons. The minimum absolute atomic E-state index is 0.0479. The molecule has 0 radical (unpaired) electrons. The number of hydrazone groups is 1. The van der Waals surface area contributed by atoms with Crippen LogP contribution in [0, 0.1) is 10.1 Å². The van der Waals surface area contributed by atoms with Crippen LogP contribution in [0.4, 0.5) is 11.4 Å². The van der Waals surface area contributed by atoms with Gasteiger partial charge in [-0.2, -0.15) is 5.10 Å². The van der Waals surface area contributed by atoms with E-state index in [1.54, 1.807) is 54.6 Å². The van der Waals surface area contributed by atoms with Gasteiger partial charge < -0.3 is 0 Å². The molecule has 0 atom stereocenters. The van der Waals surface area contributed by atoms with Gasteiger partial charge in [-0.05, 0) is 24.3 Å². The number of rotatable bonds is 8. The van der Waals surface area contributed by atoms with E-state index in [0.29, 0.717) is 11.3 Å². The molecule has 0 spiro atoms. The molecule has 0 aliphatic carbocycles. The minimum atomic E-state index is -4.00. The third kappa shape index (κ3) is 5.52. The Morgan fingerprint density at radius 3 is 2.29 bits per heavy atom. The van der Waals surface area contributed by atoms with E-state index in [9.17, 15) is 23.3 Å². The zero-order valence-electron chi connectivity index (χ0n) is 16.2. The van der Waals surface area contributed by atoms with E-state index in [-0.39, 0.29) is 10.6 Å². The summed E-state index contributed by atoms with van der Waals surface area (Å²) in [5.74, 6) is -0.676. The van der Waals surface area contributed by atoms with E-state index < -0.39 is 27.4 Å². The van der Waals surface area contributed by atoms with Crippen molar-refractivity contribution in [2.45, 2.75) is 4.90 Å². The third-order valence-corrected chi connectivity index (χ3v) is 5.93. The molecule has 9 nitrogen and oxygen atoms in total. The number of nitro benzene ring substituents is 1. The first-order valence-electron chi connectivity index (χ1n) is 9.07. The summed E-state index contributed by atoms with van der Waals surface area (Å²) in [6, 6.07) is 21.7. The van der Waals surface area contributed by atoms with Gasteiger partial charge in [0.2, 0.25) is 0 Å². The number of nitro groups is 1. The van der Waals surface area contributed by atoms with Crippen molar-refractivity contribution >= 4 is 33.5 Å². The number of nitrogens with zero attached hydrogens (tertiary/aromatic N) is 3. The molecule has 31 heavy (non-hydrogen) atoms. The monoisotopic (exact) mass is 438 g/mol. The van der Waals surface area contributed by atoms with Crippen molar-refractivity contribution in [2.24, 2.45) is 5.10 Å². The summed E-state index contributed by atoms with van der Waals surface area (Å²) in [5.41, 5.74) is 2.88. The number of benzene rings is 3. The molecule has 0 heterocycles. The van der Waals surface area contributed by atoms with Gasteiger partial charge in [-0.15, -0.1) is 0 Å². The Morgan fingerprint density at radius 1 is 1.00 bits per heavy atom. The third-order valence-electron chi connectivity index (χ3n) is 4.15. The summed E-state index contributed by atoms with van der Waals surface area (Å²) in [6.45, 7) is -0.506. The van der Waals surface area contributed by atoms with Crippen LogP contribution in [0.5, 0.6) is 0 Å². The lowest BCUT2D eigenvalue weighted by atomic mass is 10.2. The van der Waals surface area contributed by atoms with Crippen LogP contribution in [0.25, 0.3) is 0 Å². The highest BCUT2D eigenvalue weighted by molar-refractivity contribution is 7.92. The molecule has 0 unspecified atom stereocenters. The molecule has 10 heteroatoms. The van der Waals surface area contributed by atoms with Crippen molar-refractivity contribution in [3.63, 3.8) is 0 Å². The maximum atomic E-state index is 13.1. The average molecular weight is 438 g/mol. The van der Waals surface area contributed by atoms with Gasteiger partial charge in [0.1, 0.15) is 6.54 Å². The summed E-state index contributed by atoms with van der Waals surface area (Å²) in [4.78, 5) is 22.8. The van der Waals surface area contributed by atoms with Crippen molar-refractivity contribution in [3.05, 3.63) is 101 Å². The summed E-state index contributed by atoms with van der Waals surface area (Å²) in [7, 11) is -4.00. The van der Waals surface area contributed by atoms with Crippen molar-refractivity contribution in [2.75, 3.05) is 10.8 Å². The fraction of sp³-hybridized carbons (Fsp3) is 0.0476. The van der Waals surface area contributed by atoms with Crippen LogP contribution in [0.15, 0.2) is 94.9 Å². The molecule has 0 aliphatic rings. The number of hydrogen-bond acceptors (Lipinski definition) is 6. The van der Waals surface area contributed by atoms with Crippen LogP contribution in [-0.4, -0.2) is 32.0 Å². The molecular formula is C21H18N4O5S. The number of sulfonamides is 1. The zero-order valence-corrected chi connectivity index (χ0v) is 17.0. The Hall–Kier alpha value is -4.05. The largest absolute Gasteiger partial charge is 0.271 e. The van der Waals surface area contributed by atoms with Crippen LogP contribution in [0.3, 0.4) is 0 Å². The van der Waals surface area contributed by atoms with Crippen molar-refractivity contribution in [1.29, 1.82) is 0 Å². The fourth-order valence-electron chi connectivity index (χ4n) is 2.69. The van der Waals surface area contributed by atoms with Gasteiger partial charge in [-0.3, -0.25) is 19.2 Å². The second-order valence-corrected chi connectivity index (χ2v) is 8.17. The summed E-state index contributed by atoms with van der Waals surface area (Å²) in [5, 5.41) is 14.6.